The normalized spacial score (nSPS) is 12.0. The summed E-state index contributed by atoms with van der Waals surface area (Å²) in [5, 5.41) is 9.16. The average molecular weight is 132 g/mol. The largest absolute Gasteiger partial charge is 0.390 e. The van der Waals surface area contributed by atoms with Gasteiger partial charge >= 0.3 is 0 Å². The predicted molar refractivity (Wildman–Crippen MR) is 37.4 cm³/mol. The van der Waals surface area contributed by atoms with Crippen molar-refractivity contribution in [3.63, 3.8) is 0 Å². The second-order valence-corrected chi connectivity index (χ2v) is 2.76. The third kappa shape index (κ3) is 7.92. The Hall–Kier alpha value is -0.0800. The molecule has 0 aliphatic heterocycles. The first-order valence-electron chi connectivity index (χ1n) is 3.36. The second-order valence-electron chi connectivity index (χ2n) is 2.76. The van der Waals surface area contributed by atoms with Gasteiger partial charge in [-0.15, -0.1) is 0 Å². The third-order valence-electron chi connectivity index (χ3n) is 1.06. The topological polar surface area (TPSA) is 29.5 Å². The highest BCUT2D eigenvalue weighted by atomic mass is 16.5. The molecular formula is C7H16O2. The molecule has 9 heavy (non-hydrogen) atoms. The predicted octanol–water partition coefficient (Wildman–Crippen LogP) is 1.18. The SMILES string of the molecule is CCOCCC(C)(C)O. The highest BCUT2D eigenvalue weighted by Crippen LogP contribution is 2.05. The molecule has 0 heterocycles. The van der Waals surface area contributed by atoms with Crippen LogP contribution in [0.5, 0.6) is 0 Å². The summed E-state index contributed by atoms with van der Waals surface area (Å²) >= 11 is 0. The van der Waals surface area contributed by atoms with Crippen molar-refractivity contribution in [2.75, 3.05) is 13.2 Å². The molecule has 0 saturated heterocycles. The maximum absolute atomic E-state index is 9.16. The van der Waals surface area contributed by atoms with Crippen molar-refractivity contribution in [1.29, 1.82) is 0 Å². The van der Waals surface area contributed by atoms with Gasteiger partial charge in [0.25, 0.3) is 0 Å². The van der Waals surface area contributed by atoms with Crippen molar-refractivity contribution in [2.24, 2.45) is 0 Å². The van der Waals surface area contributed by atoms with Gasteiger partial charge in [0.05, 0.1) is 5.60 Å². The Labute approximate surface area is 56.8 Å². The molecule has 0 radical (unpaired) electrons. The van der Waals surface area contributed by atoms with Crippen molar-refractivity contribution >= 4 is 0 Å². The second kappa shape index (κ2) is 3.85. The Morgan fingerprint density at radius 3 is 2.33 bits per heavy atom. The van der Waals surface area contributed by atoms with Crippen LogP contribution in [0.15, 0.2) is 0 Å². The summed E-state index contributed by atoms with van der Waals surface area (Å²) in [6, 6.07) is 0. The summed E-state index contributed by atoms with van der Waals surface area (Å²) in [5.41, 5.74) is -0.574. The van der Waals surface area contributed by atoms with Gasteiger partial charge < -0.3 is 9.84 Å². The molecule has 0 unspecified atom stereocenters. The first-order chi connectivity index (χ1) is 4.06. The van der Waals surface area contributed by atoms with Gasteiger partial charge in [0.1, 0.15) is 0 Å². The Kier molecular flexibility index (Phi) is 3.82. The van der Waals surface area contributed by atoms with E-state index in [9.17, 15) is 0 Å². The van der Waals surface area contributed by atoms with Gasteiger partial charge in [-0.05, 0) is 27.2 Å². The van der Waals surface area contributed by atoms with E-state index in [1.54, 1.807) is 13.8 Å². The molecule has 0 spiro atoms. The van der Waals surface area contributed by atoms with Crippen LogP contribution in [0.1, 0.15) is 27.2 Å². The molecule has 0 fully saturated rings. The third-order valence-corrected chi connectivity index (χ3v) is 1.06. The highest BCUT2D eigenvalue weighted by Gasteiger charge is 2.10. The zero-order valence-electron chi connectivity index (χ0n) is 6.48. The zero-order chi connectivity index (χ0) is 7.33. The molecule has 0 bridgehead atoms. The lowest BCUT2D eigenvalue weighted by Crippen LogP contribution is -2.20. The molecular weight excluding hydrogens is 116 g/mol. The summed E-state index contributed by atoms with van der Waals surface area (Å²) in [5.74, 6) is 0. The zero-order valence-corrected chi connectivity index (χ0v) is 6.48. The summed E-state index contributed by atoms with van der Waals surface area (Å²) in [6.07, 6.45) is 0.709. The van der Waals surface area contributed by atoms with E-state index in [-0.39, 0.29) is 0 Å². The van der Waals surface area contributed by atoms with Crippen molar-refractivity contribution in [3.8, 4) is 0 Å². The maximum Gasteiger partial charge on any atom is 0.0613 e. The number of aliphatic hydroxyl groups is 1. The molecule has 0 aliphatic rings. The molecule has 0 saturated carbocycles. The Bertz CT molecular complexity index is 63.8. The van der Waals surface area contributed by atoms with Crippen molar-refractivity contribution in [2.45, 2.75) is 32.8 Å². The fourth-order valence-electron chi connectivity index (χ4n) is 0.466. The lowest BCUT2D eigenvalue weighted by Gasteiger charge is -2.15. The van der Waals surface area contributed by atoms with Crippen LogP contribution in [-0.2, 0) is 4.74 Å². The minimum absolute atomic E-state index is 0.574. The molecule has 56 valence electrons. The van der Waals surface area contributed by atoms with Gasteiger partial charge in [-0.3, -0.25) is 0 Å². The van der Waals surface area contributed by atoms with Crippen LogP contribution in [-0.4, -0.2) is 23.9 Å². The quantitative estimate of drug-likeness (QED) is 0.582. The lowest BCUT2D eigenvalue weighted by atomic mass is 10.1. The van der Waals surface area contributed by atoms with Gasteiger partial charge in [-0.2, -0.15) is 0 Å². The van der Waals surface area contributed by atoms with Crippen LogP contribution in [0, 0.1) is 0 Å². The van der Waals surface area contributed by atoms with Gasteiger partial charge in [0.2, 0.25) is 0 Å². The van der Waals surface area contributed by atoms with Crippen LogP contribution in [0.3, 0.4) is 0 Å². The van der Waals surface area contributed by atoms with E-state index in [1.165, 1.54) is 0 Å². The van der Waals surface area contributed by atoms with Crippen molar-refractivity contribution in [3.05, 3.63) is 0 Å². The van der Waals surface area contributed by atoms with E-state index >= 15 is 0 Å². The molecule has 0 atom stereocenters. The molecule has 0 amide bonds. The molecule has 0 aliphatic carbocycles. The van der Waals surface area contributed by atoms with Gasteiger partial charge in [0.15, 0.2) is 0 Å². The fourth-order valence-corrected chi connectivity index (χ4v) is 0.466. The number of ether oxygens (including phenoxy) is 1. The Balaban J connectivity index is 3.07. The minimum Gasteiger partial charge on any atom is -0.390 e. The first-order valence-corrected chi connectivity index (χ1v) is 3.36. The number of rotatable bonds is 4. The van der Waals surface area contributed by atoms with Crippen LogP contribution >= 0.6 is 0 Å². The van der Waals surface area contributed by atoms with Crippen LogP contribution < -0.4 is 0 Å². The van der Waals surface area contributed by atoms with Crippen LogP contribution in [0.2, 0.25) is 0 Å². The molecule has 0 rings (SSSR count). The van der Waals surface area contributed by atoms with E-state index in [4.69, 9.17) is 9.84 Å². The van der Waals surface area contributed by atoms with Crippen LogP contribution in [0.25, 0.3) is 0 Å². The minimum atomic E-state index is -0.574. The number of hydrogen-bond donors (Lipinski definition) is 1. The summed E-state index contributed by atoms with van der Waals surface area (Å²) < 4.78 is 5.05. The van der Waals surface area contributed by atoms with Crippen molar-refractivity contribution in [1.82, 2.24) is 0 Å². The molecule has 2 nitrogen and oxygen atoms in total. The molecule has 1 N–H and O–H groups in total. The molecule has 0 aromatic rings. The summed E-state index contributed by atoms with van der Waals surface area (Å²) in [7, 11) is 0. The summed E-state index contributed by atoms with van der Waals surface area (Å²) in [4.78, 5) is 0. The van der Waals surface area contributed by atoms with Crippen LogP contribution in [0.4, 0.5) is 0 Å². The fraction of sp³-hybridized carbons (Fsp3) is 1.00. The van der Waals surface area contributed by atoms with E-state index in [2.05, 4.69) is 0 Å². The van der Waals surface area contributed by atoms with Gasteiger partial charge in [-0.1, -0.05) is 0 Å². The smallest absolute Gasteiger partial charge is 0.0613 e. The lowest BCUT2D eigenvalue weighted by molar-refractivity contribution is 0.0313. The molecule has 0 aromatic carbocycles. The summed E-state index contributed by atoms with van der Waals surface area (Å²) in [6.45, 7) is 6.90. The van der Waals surface area contributed by atoms with Crippen molar-refractivity contribution < 1.29 is 9.84 Å². The van der Waals surface area contributed by atoms with Gasteiger partial charge in [-0.25, -0.2) is 0 Å². The van der Waals surface area contributed by atoms with Gasteiger partial charge in [0, 0.05) is 13.2 Å². The van der Waals surface area contributed by atoms with E-state index in [0.717, 1.165) is 6.61 Å². The van der Waals surface area contributed by atoms with E-state index < -0.39 is 5.60 Å². The molecule has 2 heteroatoms. The molecule has 0 aromatic heterocycles. The Morgan fingerprint density at radius 2 is 2.00 bits per heavy atom. The average Bonchev–Trinajstić information content (AvgIpc) is 1.63. The Morgan fingerprint density at radius 1 is 1.44 bits per heavy atom. The van der Waals surface area contributed by atoms with E-state index in [1.807, 2.05) is 6.92 Å². The number of hydrogen-bond acceptors (Lipinski definition) is 2. The van der Waals surface area contributed by atoms with E-state index in [0.29, 0.717) is 13.0 Å². The first kappa shape index (κ1) is 8.92. The highest BCUT2D eigenvalue weighted by molar-refractivity contribution is 4.63. The standard InChI is InChI=1S/C7H16O2/c1-4-9-6-5-7(2,3)8/h8H,4-6H2,1-3H3. The maximum atomic E-state index is 9.16. The monoisotopic (exact) mass is 132 g/mol.